The fraction of sp³-hybridized carbons (Fsp3) is 0.200. The molecule has 0 saturated heterocycles. The highest BCUT2D eigenvalue weighted by Gasteiger charge is 2.08. The standard InChI is InChI=1S/C10H12N6O/c1-6-2-3-7(4-8(6)11)10-13-15-16(14-10)5-9(12)17/h2-4H,5,11H2,1H3,(H2,12,17). The largest absolute Gasteiger partial charge is 0.398 e. The molecule has 0 spiro atoms. The predicted octanol–water partition coefficient (Wildman–Crippen LogP) is -0.284. The van der Waals surface area contributed by atoms with Gasteiger partial charge in [0.15, 0.2) is 0 Å². The molecule has 2 rings (SSSR count). The normalized spacial score (nSPS) is 10.4. The summed E-state index contributed by atoms with van der Waals surface area (Å²) >= 11 is 0. The van der Waals surface area contributed by atoms with Crippen LogP contribution in [0.15, 0.2) is 18.2 Å². The molecule has 1 aromatic carbocycles. The second-order valence-electron chi connectivity index (χ2n) is 3.68. The molecule has 7 nitrogen and oxygen atoms in total. The van der Waals surface area contributed by atoms with E-state index < -0.39 is 5.91 Å². The number of nitrogen functional groups attached to an aromatic ring is 1. The van der Waals surface area contributed by atoms with Crippen LogP contribution in [0.3, 0.4) is 0 Å². The van der Waals surface area contributed by atoms with Gasteiger partial charge in [-0.2, -0.15) is 4.80 Å². The highest BCUT2D eigenvalue weighted by molar-refractivity contribution is 5.73. The molecule has 0 unspecified atom stereocenters. The Bertz CT molecular complexity index is 562. The van der Waals surface area contributed by atoms with Crippen molar-refractivity contribution in [2.45, 2.75) is 13.5 Å². The van der Waals surface area contributed by atoms with Crippen molar-refractivity contribution in [3.8, 4) is 11.4 Å². The molecule has 0 atom stereocenters. The van der Waals surface area contributed by atoms with Crippen LogP contribution < -0.4 is 11.5 Å². The summed E-state index contributed by atoms with van der Waals surface area (Å²) in [6.07, 6.45) is 0. The Kier molecular flexibility index (Phi) is 2.73. The molecule has 0 fully saturated rings. The molecule has 1 amide bonds. The smallest absolute Gasteiger partial charge is 0.241 e. The molecule has 0 radical (unpaired) electrons. The summed E-state index contributed by atoms with van der Waals surface area (Å²) < 4.78 is 0. The summed E-state index contributed by atoms with van der Waals surface area (Å²) in [5, 5.41) is 11.6. The van der Waals surface area contributed by atoms with Crippen LogP contribution in [0.4, 0.5) is 5.69 Å². The number of nitrogens with zero attached hydrogens (tertiary/aromatic N) is 4. The van der Waals surface area contributed by atoms with E-state index in [-0.39, 0.29) is 6.54 Å². The molecular weight excluding hydrogens is 220 g/mol. The van der Waals surface area contributed by atoms with E-state index in [2.05, 4.69) is 15.4 Å². The molecule has 2 aromatic rings. The molecule has 1 aromatic heterocycles. The number of anilines is 1. The highest BCUT2D eigenvalue weighted by Crippen LogP contribution is 2.19. The van der Waals surface area contributed by atoms with Crippen molar-refractivity contribution in [3.05, 3.63) is 23.8 Å². The second-order valence-corrected chi connectivity index (χ2v) is 3.68. The third-order valence-electron chi connectivity index (χ3n) is 2.29. The fourth-order valence-electron chi connectivity index (χ4n) is 1.34. The number of primary amides is 1. The Hall–Kier alpha value is -2.44. The maximum Gasteiger partial charge on any atom is 0.241 e. The Morgan fingerprint density at radius 3 is 2.88 bits per heavy atom. The summed E-state index contributed by atoms with van der Waals surface area (Å²) in [4.78, 5) is 11.8. The molecule has 0 bridgehead atoms. The number of aromatic nitrogens is 4. The van der Waals surface area contributed by atoms with Gasteiger partial charge in [-0.3, -0.25) is 4.79 Å². The fourth-order valence-corrected chi connectivity index (χ4v) is 1.34. The first-order valence-electron chi connectivity index (χ1n) is 4.99. The quantitative estimate of drug-likeness (QED) is 0.706. The van der Waals surface area contributed by atoms with E-state index in [0.29, 0.717) is 11.5 Å². The lowest BCUT2D eigenvalue weighted by molar-refractivity contribution is -0.118. The lowest BCUT2D eigenvalue weighted by atomic mass is 10.1. The molecule has 7 heteroatoms. The third-order valence-corrected chi connectivity index (χ3v) is 2.29. The molecular formula is C10H12N6O. The number of aryl methyl sites for hydroxylation is 1. The maximum absolute atomic E-state index is 10.7. The SMILES string of the molecule is Cc1ccc(-c2nnn(CC(N)=O)n2)cc1N. The molecule has 88 valence electrons. The molecule has 1 heterocycles. The first-order valence-corrected chi connectivity index (χ1v) is 4.99. The summed E-state index contributed by atoms with van der Waals surface area (Å²) in [5.74, 6) is -0.102. The summed E-state index contributed by atoms with van der Waals surface area (Å²) in [5.41, 5.74) is 13.2. The number of benzene rings is 1. The van der Waals surface area contributed by atoms with E-state index in [1.165, 1.54) is 0 Å². The number of hydrogen-bond donors (Lipinski definition) is 2. The molecule has 0 aliphatic heterocycles. The maximum atomic E-state index is 10.7. The van der Waals surface area contributed by atoms with Crippen LogP contribution in [0.5, 0.6) is 0 Å². The Morgan fingerprint density at radius 2 is 2.24 bits per heavy atom. The minimum atomic E-state index is -0.516. The minimum Gasteiger partial charge on any atom is -0.398 e. The van der Waals surface area contributed by atoms with Gasteiger partial charge in [0, 0.05) is 11.3 Å². The number of rotatable bonds is 3. The van der Waals surface area contributed by atoms with E-state index in [9.17, 15) is 4.79 Å². The Morgan fingerprint density at radius 1 is 1.47 bits per heavy atom. The van der Waals surface area contributed by atoms with Gasteiger partial charge in [-0.1, -0.05) is 12.1 Å². The van der Waals surface area contributed by atoms with E-state index in [1.807, 2.05) is 19.1 Å². The molecule has 4 N–H and O–H groups in total. The van der Waals surface area contributed by atoms with E-state index in [4.69, 9.17) is 11.5 Å². The molecule has 17 heavy (non-hydrogen) atoms. The average molecular weight is 232 g/mol. The minimum absolute atomic E-state index is 0.0889. The van der Waals surface area contributed by atoms with Crippen LogP contribution >= 0.6 is 0 Å². The number of amides is 1. The van der Waals surface area contributed by atoms with Gasteiger partial charge >= 0.3 is 0 Å². The number of tetrazole rings is 1. The van der Waals surface area contributed by atoms with E-state index >= 15 is 0 Å². The molecule has 0 aliphatic carbocycles. The van der Waals surface area contributed by atoms with Gasteiger partial charge in [0.1, 0.15) is 6.54 Å². The van der Waals surface area contributed by atoms with Crippen LogP contribution in [-0.4, -0.2) is 26.1 Å². The Labute approximate surface area is 97.4 Å². The van der Waals surface area contributed by atoms with Crippen molar-refractivity contribution in [2.24, 2.45) is 5.73 Å². The molecule has 0 aliphatic rings. The Balaban J connectivity index is 2.30. The van der Waals surface area contributed by atoms with Gasteiger partial charge in [0.2, 0.25) is 11.7 Å². The number of hydrogen-bond acceptors (Lipinski definition) is 5. The number of carbonyl (C=O) groups excluding carboxylic acids is 1. The summed E-state index contributed by atoms with van der Waals surface area (Å²) in [6.45, 7) is 1.82. The van der Waals surface area contributed by atoms with E-state index in [1.54, 1.807) is 6.07 Å². The summed E-state index contributed by atoms with van der Waals surface area (Å²) in [6, 6.07) is 5.48. The zero-order chi connectivity index (χ0) is 12.4. The van der Waals surface area contributed by atoms with Crippen LogP contribution in [0, 0.1) is 6.92 Å². The second kappa shape index (κ2) is 4.20. The lowest BCUT2D eigenvalue weighted by Gasteiger charge is -2.00. The van der Waals surface area contributed by atoms with Crippen molar-refractivity contribution in [1.29, 1.82) is 0 Å². The molecule has 0 saturated carbocycles. The van der Waals surface area contributed by atoms with Gasteiger partial charge in [0.05, 0.1) is 0 Å². The van der Waals surface area contributed by atoms with Gasteiger partial charge in [-0.05, 0) is 23.8 Å². The van der Waals surface area contributed by atoms with Crippen LogP contribution in [0.2, 0.25) is 0 Å². The van der Waals surface area contributed by atoms with Crippen molar-refractivity contribution in [3.63, 3.8) is 0 Å². The highest BCUT2D eigenvalue weighted by atomic mass is 16.1. The van der Waals surface area contributed by atoms with Crippen molar-refractivity contribution >= 4 is 11.6 Å². The van der Waals surface area contributed by atoms with Crippen molar-refractivity contribution in [1.82, 2.24) is 20.2 Å². The number of nitrogens with two attached hydrogens (primary N) is 2. The van der Waals surface area contributed by atoms with Gasteiger partial charge in [-0.25, -0.2) is 0 Å². The van der Waals surface area contributed by atoms with Crippen LogP contribution in [-0.2, 0) is 11.3 Å². The predicted molar refractivity (Wildman–Crippen MR) is 61.6 cm³/mol. The third kappa shape index (κ3) is 2.39. The first kappa shape index (κ1) is 11.1. The topological polar surface area (TPSA) is 113 Å². The zero-order valence-electron chi connectivity index (χ0n) is 9.29. The van der Waals surface area contributed by atoms with Crippen LogP contribution in [0.1, 0.15) is 5.56 Å². The summed E-state index contributed by atoms with van der Waals surface area (Å²) in [7, 11) is 0. The van der Waals surface area contributed by atoms with Gasteiger partial charge < -0.3 is 11.5 Å². The van der Waals surface area contributed by atoms with E-state index in [0.717, 1.165) is 15.9 Å². The van der Waals surface area contributed by atoms with Crippen molar-refractivity contribution < 1.29 is 4.79 Å². The van der Waals surface area contributed by atoms with Crippen LogP contribution in [0.25, 0.3) is 11.4 Å². The van der Waals surface area contributed by atoms with Gasteiger partial charge in [-0.15, -0.1) is 10.2 Å². The van der Waals surface area contributed by atoms with Gasteiger partial charge in [0.25, 0.3) is 0 Å². The van der Waals surface area contributed by atoms with Crippen molar-refractivity contribution in [2.75, 3.05) is 5.73 Å². The number of carbonyl (C=O) groups is 1. The lowest BCUT2D eigenvalue weighted by Crippen LogP contribution is -2.20. The first-order chi connectivity index (χ1) is 8.06. The monoisotopic (exact) mass is 232 g/mol. The average Bonchev–Trinajstić information content (AvgIpc) is 2.69. The zero-order valence-corrected chi connectivity index (χ0v) is 9.29.